The van der Waals surface area contributed by atoms with Crippen molar-refractivity contribution in [2.45, 2.75) is 51.2 Å². The number of hydrogen-bond acceptors (Lipinski definition) is 2. The zero-order valence-electron chi connectivity index (χ0n) is 11.7. The van der Waals surface area contributed by atoms with Crippen molar-refractivity contribution in [3.63, 3.8) is 0 Å². The molecule has 0 amide bonds. The summed E-state index contributed by atoms with van der Waals surface area (Å²) in [5.74, 6) is -0.145. The molecular weight excluding hydrogens is 260 g/mol. The molecule has 2 nitrogen and oxygen atoms in total. The largest absolute Gasteiger partial charge is 0.462 e. The summed E-state index contributed by atoms with van der Waals surface area (Å²) < 4.78 is 5.20. The summed E-state index contributed by atoms with van der Waals surface area (Å²) in [5, 5.41) is 0. The molecule has 0 aliphatic carbocycles. The lowest BCUT2D eigenvalue weighted by molar-refractivity contribution is -0.138. The molecule has 0 saturated carbocycles. The highest BCUT2D eigenvalue weighted by Crippen LogP contribution is 2.08. The van der Waals surface area contributed by atoms with Gasteiger partial charge in [-0.2, -0.15) is 0 Å². The molecule has 96 valence electrons. The Labute approximate surface area is 112 Å². The van der Waals surface area contributed by atoms with Gasteiger partial charge in [-0.1, -0.05) is 43.6 Å². The molecule has 0 aromatic rings. The van der Waals surface area contributed by atoms with Gasteiger partial charge in [-0.25, -0.2) is 4.79 Å². The number of rotatable bonds is 8. The molecule has 0 atom stereocenters. The quantitative estimate of drug-likeness (QED) is 0.296. The van der Waals surface area contributed by atoms with E-state index < -0.39 is 8.07 Å². The van der Waals surface area contributed by atoms with Gasteiger partial charge in [0.1, 0.15) is 0 Å². The second-order valence-electron chi connectivity index (χ2n) is 5.34. The molecule has 0 bridgehead atoms. The summed E-state index contributed by atoms with van der Waals surface area (Å²) in [6.45, 7) is 11.7. The first-order chi connectivity index (χ1) is 7.87. The molecular formula is C12H24O2Si3. The first-order valence-corrected chi connectivity index (χ1v) is 12.8. The molecule has 0 fully saturated rings. The average molecular weight is 285 g/mol. The van der Waals surface area contributed by atoms with E-state index in [9.17, 15) is 4.79 Å². The smallest absolute Gasteiger partial charge is 0.332 e. The zero-order chi connectivity index (χ0) is 13.3. The van der Waals surface area contributed by atoms with Crippen molar-refractivity contribution in [2.75, 3.05) is 6.61 Å². The molecule has 17 heavy (non-hydrogen) atoms. The van der Waals surface area contributed by atoms with Crippen molar-refractivity contribution < 1.29 is 9.53 Å². The summed E-state index contributed by atoms with van der Waals surface area (Å²) in [6.07, 6.45) is 1.01. The van der Waals surface area contributed by atoms with Crippen molar-refractivity contribution >= 4 is 33.1 Å². The minimum Gasteiger partial charge on any atom is -0.462 e. The van der Waals surface area contributed by atoms with Gasteiger partial charge in [0.2, 0.25) is 0 Å². The molecule has 5 heteroatoms. The van der Waals surface area contributed by atoms with Crippen LogP contribution in [0.25, 0.3) is 0 Å². The van der Waals surface area contributed by atoms with E-state index in [1.165, 1.54) is 11.7 Å². The van der Waals surface area contributed by atoms with Crippen molar-refractivity contribution in [2.24, 2.45) is 0 Å². The minimum absolute atomic E-state index is 0.145. The summed E-state index contributed by atoms with van der Waals surface area (Å²) in [6, 6.07) is 1.20. The zero-order valence-corrected chi connectivity index (χ0v) is 14.7. The fraction of sp³-hybridized carbons (Fsp3) is 0.750. The standard InChI is InChI=1S/C12H24O2Si3/c1-11(9-15-2)12(13)14-7-6-8-16-10-17(3,4)5/h9H,6-8,10H2,1-5H3. The van der Waals surface area contributed by atoms with Crippen LogP contribution in [-0.2, 0) is 9.53 Å². The number of carbonyl (C=O) groups is 1. The maximum absolute atomic E-state index is 11.4. The molecule has 0 aliphatic rings. The SMILES string of the molecule is C[Si]C=C(C)C(=O)OCCC[Si]C[Si](C)(C)C. The summed E-state index contributed by atoms with van der Waals surface area (Å²) >= 11 is 0. The van der Waals surface area contributed by atoms with Gasteiger partial charge >= 0.3 is 5.97 Å². The molecule has 0 N–H and O–H groups in total. The van der Waals surface area contributed by atoms with E-state index >= 15 is 0 Å². The van der Waals surface area contributed by atoms with Crippen molar-refractivity contribution in [1.29, 1.82) is 0 Å². The highest BCUT2D eigenvalue weighted by molar-refractivity contribution is 6.83. The normalized spacial score (nSPS) is 12.6. The number of ether oxygens (including phenoxy) is 1. The second-order valence-corrected chi connectivity index (χ2v) is 13.7. The van der Waals surface area contributed by atoms with Crippen LogP contribution >= 0.6 is 0 Å². The Bertz CT molecular complexity index is 257. The maximum atomic E-state index is 11.4. The van der Waals surface area contributed by atoms with Gasteiger partial charge in [0.15, 0.2) is 0 Å². The predicted octanol–water partition coefficient (Wildman–Crippen LogP) is 2.99. The summed E-state index contributed by atoms with van der Waals surface area (Å²) in [5.41, 5.74) is 4.09. The molecule has 0 saturated heterocycles. The molecule has 0 rings (SSSR count). The van der Waals surface area contributed by atoms with Crippen LogP contribution in [0.3, 0.4) is 0 Å². The van der Waals surface area contributed by atoms with Crippen LogP contribution < -0.4 is 0 Å². The molecule has 0 aromatic heterocycles. The van der Waals surface area contributed by atoms with Crippen LogP contribution in [0, 0.1) is 0 Å². The van der Waals surface area contributed by atoms with Gasteiger partial charge in [0, 0.05) is 23.2 Å². The van der Waals surface area contributed by atoms with Crippen LogP contribution in [0.4, 0.5) is 0 Å². The molecule has 4 radical (unpaired) electrons. The third-order valence-electron chi connectivity index (χ3n) is 2.07. The molecule has 0 aromatic carbocycles. The average Bonchev–Trinajstić information content (AvgIpc) is 2.21. The number of hydrogen-bond donors (Lipinski definition) is 0. The maximum Gasteiger partial charge on any atom is 0.332 e. The van der Waals surface area contributed by atoms with Gasteiger partial charge in [0.25, 0.3) is 0 Å². The van der Waals surface area contributed by atoms with Crippen LogP contribution in [0.15, 0.2) is 11.3 Å². The highest BCUT2D eigenvalue weighted by Gasteiger charge is 2.12. The predicted molar refractivity (Wildman–Crippen MR) is 79.7 cm³/mol. The van der Waals surface area contributed by atoms with E-state index in [1.54, 1.807) is 0 Å². The van der Waals surface area contributed by atoms with Crippen LogP contribution in [0.5, 0.6) is 0 Å². The van der Waals surface area contributed by atoms with Crippen molar-refractivity contribution in [3.05, 3.63) is 11.3 Å². The topological polar surface area (TPSA) is 26.3 Å². The second kappa shape index (κ2) is 8.88. The van der Waals surface area contributed by atoms with Gasteiger partial charge < -0.3 is 4.74 Å². The Morgan fingerprint density at radius 1 is 1.35 bits per heavy atom. The first kappa shape index (κ1) is 16.9. The van der Waals surface area contributed by atoms with Gasteiger partial charge in [-0.05, 0) is 13.3 Å². The Morgan fingerprint density at radius 2 is 2.00 bits per heavy atom. The summed E-state index contributed by atoms with van der Waals surface area (Å²) in [4.78, 5) is 11.4. The number of esters is 1. The Balaban J connectivity index is 3.53. The van der Waals surface area contributed by atoms with Crippen LogP contribution in [-0.4, -0.2) is 39.7 Å². The van der Waals surface area contributed by atoms with E-state index in [2.05, 4.69) is 19.6 Å². The van der Waals surface area contributed by atoms with E-state index in [0.717, 1.165) is 21.5 Å². The monoisotopic (exact) mass is 284 g/mol. The van der Waals surface area contributed by atoms with E-state index in [0.29, 0.717) is 16.1 Å². The fourth-order valence-corrected chi connectivity index (χ4v) is 5.87. The Kier molecular flexibility index (Phi) is 8.81. The van der Waals surface area contributed by atoms with E-state index in [1.807, 2.05) is 19.2 Å². The third kappa shape index (κ3) is 10.7. The van der Waals surface area contributed by atoms with E-state index in [-0.39, 0.29) is 5.97 Å². The highest BCUT2D eigenvalue weighted by atomic mass is 28.4. The molecule has 0 aliphatic heterocycles. The fourth-order valence-electron chi connectivity index (χ4n) is 1.21. The van der Waals surface area contributed by atoms with Crippen LogP contribution in [0.1, 0.15) is 13.3 Å². The lowest BCUT2D eigenvalue weighted by Gasteiger charge is -2.14. The molecule has 0 heterocycles. The minimum atomic E-state index is -0.871. The molecule has 0 unspecified atom stereocenters. The Hall–Kier alpha value is -0.139. The summed E-state index contributed by atoms with van der Waals surface area (Å²) in [7, 11) is 0.840. The van der Waals surface area contributed by atoms with Crippen molar-refractivity contribution in [3.8, 4) is 0 Å². The Morgan fingerprint density at radius 3 is 2.53 bits per heavy atom. The first-order valence-electron chi connectivity index (χ1n) is 6.08. The lowest BCUT2D eigenvalue weighted by atomic mass is 10.4. The van der Waals surface area contributed by atoms with Gasteiger partial charge in [-0.15, -0.1) is 0 Å². The molecule has 0 spiro atoms. The number of carbonyl (C=O) groups excluding carboxylic acids is 1. The lowest BCUT2D eigenvalue weighted by Crippen LogP contribution is -2.22. The van der Waals surface area contributed by atoms with Crippen molar-refractivity contribution in [1.82, 2.24) is 0 Å². The van der Waals surface area contributed by atoms with E-state index in [4.69, 9.17) is 4.74 Å². The van der Waals surface area contributed by atoms with Crippen LogP contribution in [0.2, 0.25) is 37.9 Å². The van der Waals surface area contributed by atoms with Gasteiger partial charge in [0.05, 0.1) is 16.1 Å². The van der Waals surface area contributed by atoms with Gasteiger partial charge in [-0.3, -0.25) is 0 Å². The third-order valence-corrected chi connectivity index (χ3v) is 8.74.